The number of rotatable bonds is 14. The molecule has 0 saturated carbocycles. The fourth-order valence-electron chi connectivity index (χ4n) is 3.39. The molecule has 4 amide bonds. The van der Waals surface area contributed by atoms with Crippen LogP contribution in [0.1, 0.15) is 0 Å². The Morgan fingerprint density at radius 2 is 1.53 bits per heavy atom. The zero-order valence-corrected chi connectivity index (χ0v) is 22.8. The lowest BCUT2D eigenvalue weighted by molar-refractivity contribution is -0.129. The molecule has 2 rings (SSSR count). The fourth-order valence-corrected chi connectivity index (χ4v) is 4.90. The maximum atomic E-state index is 13.0. The molecule has 208 valence electrons. The van der Waals surface area contributed by atoms with E-state index < -0.39 is 46.2 Å². The number of hydrogen-bond donors (Lipinski definition) is 7. The van der Waals surface area contributed by atoms with E-state index in [2.05, 4.69) is 38.6 Å². The highest BCUT2D eigenvalue weighted by molar-refractivity contribution is 7.89. The molecule has 2 aromatic carbocycles. The third-order valence-electron chi connectivity index (χ3n) is 5.26. The maximum Gasteiger partial charge on any atom is 0.243 e. The number of hydrogen-bond acceptors (Lipinski definition) is 9. The van der Waals surface area contributed by atoms with Gasteiger partial charge < -0.3 is 31.9 Å². The van der Waals surface area contributed by atoms with Crippen LogP contribution in [-0.2, 0) is 29.2 Å². The van der Waals surface area contributed by atoms with E-state index >= 15 is 0 Å². The molecule has 0 aliphatic heterocycles. The van der Waals surface area contributed by atoms with Crippen molar-refractivity contribution < 1.29 is 27.6 Å². The van der Waals surface area contributed by atoms with E-state index in [1.54, 1.807) is 18.2 Å². The summed E-state index contributed by atoms with van der Waals surface area (Å²) in [4.78, 5) is 49.2. The van der Waals surface area contributed by atoms with Crippen molar-refractivity contribution in [3.8, 4) is 0 Å². The van der Waals surface area contributed by atoms with Gasteiger partial charge in [0, 0.05) is 49.4 Å². The summed E-state index contributed by atoms with van der Waals surface area (Å²) >= 11 is 4.06. The molecule has 0 heterocycles. The number of nitrogens with two attached hydrogens (primary N) is 1. The first-order valence-corrected chi connectivity index (χ1v) is 13.7. The highest BCUT2D eigenvalue weighted by Crippen LogP contribution is 2.29. The predicted octanol–water partition coefficient (Wildman–Crippen LogP) is -2.09. The number of nitrogens with zero attached hydrogens (tertiary/aromatic N) is 1. The predicted molar refractivity (Wildman–Crippen MR) is 147 cm³/mol. The molecule has 0 fully saturated rings. The summed E-state index contributed by atoms with van der Waals surface area (Å²) in [7, 11) is -0.130. The molecule has 13 nitrogen and oxygen atoms in total. The Bertz CT molecular complexity index is 1270. The van der Waals surface area contributed by atoms with Gasteiger partial charge in [-0.05, 0) is 12.1 Å². The standard InChI is InChI=1S/C23H33N7O6S2/c1-30(2)18-7-3-6-16-15(18)5-4-8-19(16)38(35,36)28-10-9-25-23(34)17(14-37)29-22(33)13-27-21(32)12-26-20(31)11-24/h3-8,17,28,37H,9-14,24H2,1-2H3,(H,25,34)(H,26,31)(H,27,32)(H,29,33)/t17-/m0/s1. The third-order valence-corrected chi connectivity index (χ3v) is 7.14. The van der Waals surface area contributed by atoms with Crippen LogP contribution in [0.15, 0.2) is 41.3 Å². The Hall–Kier alpha value is -3.40. The molecule has 0 unspecified atom stereocenters. The monoisotopic (exact) mass is 567 g/mol. The Labute approximate surface area is 226 Å². The van der Waals surface area contributed by atoms with Crippen molar-refractivity contribution in [1.82, 2.24) is 26.0 Å². The van der Waals surface area contributed by atoms with Crippen LogP contribution in [-0.4, -0.2) is 90.7 Å². The van der Waals surface area contributed by atoms with Gasteiger partial charge in [-0.3, -0.25) is 19.2 Å². The number of anilines is 1. The first-order valence-electron chi connectivity index (χ1n) is 11.6. The lowest BCUT2D eigenvalue weighted by atomic mass is 10.1. The average molecular weight is 568 g/mol. The van der Waals surface area contributed by atoms with Gasteiger partial charge in [0.2, 0.25) is 33.7 Å². The molecular formula is C23H33N7O6S2. The Morgan fingerprint density at radius 3 is 2.18 bits per heavy atom. The topological polar surface area (TPSA) is 192 Å². The summed E-state index contributed by atoms with van der Waals surface area (Å²) in [6, 6.07) is 9.43. The van der Waals surface area contributed by atoms with Crippen LogP contribution in [0.3, 0.4) is 0 Å². The van der Waals surface area contributed by atoms with Crippen molar-refractivity contribution in [3.05, 3.63) is 36.4 Å². The summed E-state index contributed by atoms with van der Waals surface area (Å²) in [5, 5.41) is 10.9. The number of carbonyl (C=O) groups excluding carboxylic acids is 4. The van der Waals surface area contributed by atoms with Gasteiger partial charge >= 0.3 is 0 Å². The zero-order chi connectivity index (χ0) is 28.3. The highest BCUT2D eigenvalue weighted by atomic mass is 32.2. The Balaban J connectivity index is 1.86. The van der Waals surface area contributed by atoms with Crippen LogP contribution in [0.25, 0.3) is 10.8 Å². The normalized spacial score (nSPS) is 11.9. The van der Waals surface area contributed by atoms with Gasteiger partial charge in [-0.15, -0.1) is 0 Å². The number of sulfonamides is 1. The summed E-state index contributed by atoms with van der Waals surface area (Å²) in [5.41, 5.74) is 6.00. The van der Waals surface area contributed by atoms with Crippen molar-refractivity contribution in [2.75, 3.05) is 57.5 Å². The Kier molecular flexibility index (Phi) is 11.8. The first kappa shape index (κ1) is 30.8. The van der Waals surface area contributed by atoms with Gasteiger partial charge in [0.15, 0.2) is 0 Å². The minimum absolute atomic E-state index is 0.0337. The molecule has 38 heavy (non-hydrogen) atoms. The lowest BCUT2D eigenvalue weighted by Crippen LogP contribution is -2.52. The minimum Gasteiger partial charge on any atom is -0.377 e. The van der Waals surface area contributed by atoms with E-state index in [1.165, 1.54) is 6.07 Å². The molecule has 0 aliphatic carbocycles. The quantitative estimate of drug-likeness (QED) is 0.0998. The summed E-state index contributed by atoms with van der Waals surface area (Å²) in [5.74, 6) is -2.38. The van der Waals surface area contributed by atoms with Crippen LogP contribution in [0.5, 0.6) is 0 Å². The van der Waals surface area contributed by atoms with E-state index in [4.69, 9.17) is 5.73 Å². The van der Waals surface area contributed by atoms with E-state index in [9.17, 15) is 27.6 Å². The molecule has 7 N–H and O–H groups in total. The van der Waals surface area contributed by atoms with Crippen LogP contribution in [0, 0.1) is 0 Å². The SMILES string of the molecule is CN(C)c1cccc2c(S(=O)(=O)NCCNC(=O)[C@H](CS)NC(=O)CNC(=O)CNC(=O)CN)cccc12. The van der Waals surface area contributed by atoms with Crippen LogP contribution >= 0.6 is 12.6 Å². The van der Waals surface area contributed by atoms with Gasteiger partial charge in [-0.1, -0.05) is 24.3 Å². The second-order valence-electron chi connectivity index (χ2n) is 8.27. The second kappa shape index (κ2) is 14.5. The molecule has 2 aromatic rings. The van der Waals surface area contributed by atoms with Crippen LogP contribution < -0.4 is 36.6 Å². The number of amides is 4. The molecule has 0 saturated heterocycles. The molecule has 0 aromatic heterocycles. The van der Waals surface area contributed by atoms with Crippen molar-refractivity contribution in [1.29, 1.82) is 0 Å². The summed E-state index contributed by atoms with van der Waals surface area (Å²) < 4.78 is 28.4. The van der Waals surface area contributed by atoms with Crippen molar-refractivity contribution in [2.24, 2.45) is 5.73 Å². The molecule has 15 heteroatoms. The highest BCUT2D eigenvalue weighted by Gasteiger charge is 2.21. The number of benzene rings is 2. The second-order valence-corrected chi connectivity index (χ2v) is 10.4. The maximum absolute atomic E-state index is 13.0. The fraction of sp³-hybridized carbons (Fsp3) is 0.391. The van der Waals surface area contributed by atoms with E-state index in [1.807, 2.05) is 31.1 Å². The Morgan fingerprint density at radius 1 is 0.895 bits per heavy atom. The number of thiol groups is 1. The van der Waals surface area contributed by atoms with E-state index in [0.717, 1.165) is 11.1 Å². The summed E-state index contributed by atoms with van der Waals surface area (Å²) in [6.45, 7) is -1.16. The summed E-state index contributed by atoms with van der Waals surface area (Å²) in [6.07, 6.45) is 0. The molecule has 0 bridgehead atoms. The average Bonchev–Trinajstić information content (AvgIpc) is 2.90. The van der Waals surface area contributed by atoms with Crippen LogP contribution in [0.4, 0.5) is 5.69 Å². The number of carbonyl (C=O) groups is 4. The molecule has 0 radical (unpaired) electrons. The van der Waals surface area contributed by atoms with Gasteiger partial charge in [0.05, 0.1) is 24.5 Å². The first-order chi connectivity index (χ1) is 18.0. The zero-order valence-electron chi connectivity index (χ0n) is 21.1. The van der Waals surface area contributed by atoms with Gasteiger partial charge in [-0.2, -0.15) is 12.6 Å². The van der Waals surface area contributed by atoms with Crippen molar-refractivity contribution >= 4 is 62.7 Å². The number of nitrogens with one attached hydrogen (secondary N) is 5. The molecule has 0 spiro atoms. The smallest absolute Gasteiger partial charge is 0.243 e. The van der Waals surface area contributed by atoms with Crippen LogP contribution in [0.2, 0.25) is 0 Å². The van der Waals surface area contributed by atoms with Crippen molar-refractivity contribution in [2.45, 2.75) is 10.9 Å². The van der Waals surface area contributed by atoms with E-state index in [-0.39, 0.29) is 36.8 Å². The third kappa shape index (κ3) is 8.86. The molecule has 0 aliphatic rings. The van der Waals surface area contributed by atoms with E-state index in [0.29, 0.717) is 5.39 Å². The van der Waals surface area contributed by atoms with Crippen molar-refractivity contribution in [3.63, 3.8) is 0 Å². The van der Waals surface area contributed by atoms with Gasteiger partial charge in [-0.25, -0.2) is 13.1 Å². The molecule has 1 atom stereocenters. The number of fused-ring (bicyclic) bond motifs is 1. The van der Waals surface area contributed by atoms with Gasteiger partial charge in [0.25, 0.3) is 0 Å². The lowest BCUT2D eigenvalue weighted by Gasteiger charge is -2.18. The molecular weight excluding hydrogens is 534 g/mol. The largest absolute Gasteiger partial charge is 0.377 e. The minimum atomic E-state index is -3.88. The van der Waals surface area contributed by atoms with Gasteiger partial charge in [0.1, 0.15) is 6.04 Å².